The van der Waals surface area contributed by atoms with Crippen molar-refractivity contribution in [1.82, 2.24) is 24.6 Å². The number of fused-ring (bicyclic) bond motifs is 1. The van der Waals surface area contributed by atoms with E-state index in [4.69, 9.17) is 0 Å². The molecule has 4 rings (SSSR count). The molecule has 7 heteroatoms. The van der Waals surface area contributed by atoms with Gasteiger partial charge in [0, 0.05) is 58.8 Å². The third-order valence-corrected chi connectivity index (χ3v) is 6.34. The number of pyridine rings is 1. The fraction of sp³-hybridized carbons (Fsp3) is 0.370. The predicted octanol–water partition coefficient (Wildman–Crippen LogP) is 4.88. The predicted molar refractivity (Wildman–Crippen MR) is 136 cm³/mol. The zero-order chi connectivity index (χ0) is 24.6. The first-order chi connectivity index (χ1) is 16.2. The molecule has 0 aliphatic carbocycles. The average molecular weight is 460 g/mol. The molecule has 0 aliphatic rings. The summed E-state index contributed by atoms with van der Waals surface area (Å²) < 4.78 is 1.75. The van der Waals surface area contributed by atoms with E-state index in [0.717, 1.165) is 51.7 Å². The van der Waals surface area contributed by atoms with Crippen LogP contribution in [0.15, 0.2) is 41.6 Å². The van der Waals surface area contributed by atoms with Gasteiger partial charge < -0.3 is 14.9 Å². The number of nitrogens with one attached hydrogen (secondary N) is 2. The van der Waals surface area contributed by atoms with Crippen LogP contribution < -0.4 is 5.56 Å². The quantitative estimate of drug-likeness (QED) is 0.413. The second kappa shape index (κ2) is 9.33. The first-order valence-corrected chi connectivity index (χ1v) is 11.8. The van der Waals surface area contributed by atoms with Gasteiger partial charge in [0.1, 0.15) is 0 Å². The lowest BCUT2D eigenvalue weighted by atomic mass is 9.98. The van der Waals surface area contributed by atoms with Crippen LogP contribution in [0.25, 0.3) is 22.0 Å². The van der Waals surface area contributed by atoms with Crippen molar-refractivity contribution in [2.75, 3.05) is 0 Å². The molecule has 1 aromatic carbocycles. The lowest BCUT2D eigenvalue weighted by molar-refractivity contribution is 0.0691. The molecule has 0 radical (unpaired) electrons. The molecule has 0 spiro atoms. The summed E-state index contributed by atoms with van der Waals surface area (Å²) in [6, 6.07) is 5.95. The molecule has 0 aliphatic heterocycles. The highest BCUT2D eigenvalue weighted by molar-refractivity contribution is 6.09. The first kappa shape index (κ1) is 23.5. The highest BCUT2D eigenvalue weighted by Gasteiger charge is 2.25. The van der Waals surface area contributed by atoms with Gasteiger partial charge in [-0.1, -0.05) is 13.3 Å². The molecule has 0 bridgehead atoms. The number of aromatic nitrogens is 4. The summed E-state index contributed by atoms with van der Waals surface area (Å²) in [6.07, 6.45) is 7.40. The minimum absolute atomic E-state index is 0.0842. The fourth-order valence-corrected chi connectivity index (χ4v) is 4.61. The number of amides is 1. The molecule has 3 heterocycles. The van der Waals surface area contributed by atoms with Crippen molar-refractivity contribution < 1.29 is 4.79 Å². The fourth-order valence-electron chi connectivity index (χ4n) is 4.61. The molecule has 34 heavy (non-hydrogen) atoms. The molecule has 4 aromatic rings. The minimum Gasteiger partial charge on any atom is -0.361 e. The Morgan fingerprint density at radius 2 is 1.94 bits per heavy atom. The van der Waals surface area contributed by atoms with E-state index in [9.17, 15) is 9.59 Å². The van der Waals surface area contributed by atoms with Crippen molar-refractivity contribution in [2.24, 2.45) is 7.05 Å². The Labute approximate surface area is 199 Å². The Bertz CT molecular complexity index is 1410. The van der Waals surface area contributed by atoms with Gasteiger partial charge in [-0.15, -0.1) is 0 Å². The standard InChI is InChI=1S/C27H33N5O2/c1-7-8-19-9-18(5)30-26(33)23(19)15-32(16(2)3)27(34)22-10-20(21-13-29-31(6)14-21)11-24-25(22)17(4)12-28-24/h9-14,16,28H,7-8,15H2,1-6H3,(H,30,33). The molecule has 3 aromatic heterocycles. The molecule has 1 amide bonds. The van der Waals surface area contributed by atoms with Gasteiger partial charge in [0.25, 0.3) is 11.5 Å². The SMILES string of the molecule is CCCc1cc(C)[nH]c(=O)c1CN(C(=O)c1cc(-c2cnn(C)c2)cc2[nH]cc(C)c12)C(C)C. The average Bonchev–Trinajstić information content (AvgIpc) is 3.38. The van der Waals surface area contributed by atoms with Crippen LogP contribution in [0.2, 0.25) is 0 Å². The van der Waals surface area contributed by atoms with Crippen LogP contribution in [0.5, 0.6) is 0 Å². The summed E-state index contributed by atoms with van der Waals surface area (Å²) in [5.41, 5.74) is 6.82. The van der Waals surface area contributed by atoms with Crippen molar-refractivity contribution in [2.45, 2.75) is 60.0 Å². The van der Waals surface area contributed by atoms with E-state index in [-0.39, 0.29) is 24.1 Å². The van der Waals surface area contributed by atoms with Crippen molar-refractivity contribution >= 4 is 16.8 Å². The first-order valence-electron chi connectivity index (χ1n) is 11.8. The Hall–Kier alpha value is -3.61. The van der Waals surface area contributed by atoms with Crippen molar-refractivity contribution in [3.05, 3.63) is 75.1 Å². The van der Waals surface area contributed by atoms with E-state index in [0.29, 0.717) is 11.1 Å². The number of rotatable bonds is 7. The second-order valence-electron chi connectivity index (χ2n) is 9.38. The van der Waals surface area contributed by atoms with Gasteiger partial charge >= 0.3 is 0 Å². The molecular formula is C27H33N5O2. The lowest BCUT2D eigenvalue weighted by Gasteiger charge is -2.28. The summed E-state index contributed by atoms with van der Waals surface area (Å²) >= 11 is 0. The van der Waals surface area contributed by atoms with Gasteiger partial charge in [-0.2, -0.15) is 5.10 Å². The van der Waals surface area contributed by atoms with E-state index < -0.39 is 0 Å². The number of carbonyl (C=O) groups excluding carboxylic acids is 1. The van der Waals surface area contributed by atoms with E-state index in [1.54, 1.807) is 15.8 Å². The van der Waals surface area contributed by atoms with Crippen LogP contribution in [0.4, 0.5) is 0 Å². The van der Waals surface area contributed by atoms with Gasteiger partial charge in [-0.25, -0.2) is 0 Å². The van der Waals surface area contributed by atoms with Gasteiger partial charge in [0.05, 0.1) is 12.7 Å². The Kier molecular flexibility index (Phi) is 6.46. The maximum Gasteiger partial charge on any atom is 0.255 e. The van der Waals surface area contributed by atoms with Crippen molar-refractivity contribution in [3.63, 3.8) is 0 Å². The third kappa shape index (κ3) is 4.42. The van der Waals surface area contributed by atoms with E-state index in [1.807, 2.05) is 59.3 Å². The monoisotopic (exact) mass is 459 g/mol. The Morgan fingerprint density at radius 1 is 1.18 bits per heavy atom. The maximum atomic E-state index is 14.1. The molecular weight excluding hydrogens is 426 g/mol. The van der Waals surface area contributed by atoms with Gasteiger partial charge in [0.15, 0.2) is 0 Å². The highest BCUT2D eigenvalue weighted by atomic mass is 16.2. The molecule has 178 valence electrons. The van der Waals surface area contributed by atoms with Gasteiger partial charge in [-0.3, -0.25) is 14.3 Å². The van der Waals surface area contributed by atoms with Crippen LogP contribution in [0, 0.1) is 13.8 Å². The van der Waals surface area contributed by atoms with Gasteiger partial charge in [-0.05, 0) is 69.0 Å². The normalized spacial score (nSPS) is 11.5. The van der Waals surface area contributed by atoms with Crippen molar-refractivity contribution in [3.8, 4) is 11.1 Å². The van der Waals surface area contributed by atoms with Crippen LogP contribution >= 0.6 is 0 Å². The molecule has 7 nitrogen and oxygen atoms in total. The Morgan fingerprint density at radius 3 is 2.59 bits per heavy atom. The van der Waals surface area contributed by atoms with Crippen LogP contribution in [-0.4, -0.2) is 36.6 Å². The van der Waals surface area contributed by atoms with Gasteiger partial charge in [0.2, 0.25) is 0 Å². The van der Waals surface area contributed by atoms with Crippen LogP contribution in [0.3, 0.4) is 0 Å². The summed E-state index contributed by atoms with van der Waals surface area (Å²) in [6.45, 7) is 10.2. The molecule has 0 atom stereocenters. The molecule has 0 unspecified atom stereocenters. The van der Waals surface area contributed by atoms with Crippen LogP contribution in [0.1, 0.15) is 59.9 Å². The molecule has 0 saturated heterocycles. The number of aryl methyl sites for hydroxylation is 4. The number of hydrogen-bond donors (Lipinski definition) is 2. The second-order valence-corrected chi connectivity index (χ2v) is 9.38. The summed E-state index contributed by atoms with van der Waals surface area (Å²) in [7, 11) is 1.88. The molecule has 2 N–H and O–H groups in total. The largest absolute Gasteiger partial charge is 0.361 e. The lowest BCUT2D eigenvalue weighted by Crippen LogP contribution is -2.38. The highest BCUT2D eigenvalue weighted by Crippen LogP contribution is 2.31. The maximum absolute atomic E-state index is 14.1. The summed E-state index contributed by atoms with van der Waals surface area (Å²) in [5.74, 6) is -0.0872. The number of aromatic amines is 2. The number of hydrogen-bond acceptors (Lipinski definition) is 3. The summed E-state index contributed by atoms with van der Waals surface area (Å²) in [5, 5.41) is 5.20. The van der Waals surface area contributed by atoms with Crippen LogP contribution in [-0.2, 0) is 20.0 Å². The number of nitrogens with zero attached hydrogens (tertiary/aromatic N) is 3. The smallest absolute Gasteiger partial charge is 0.255 e. The van der Waals surface area contributed by atoms with Crippen molar-refractivity contribution in [1.29, 1.82) is 0 Å². The minimum atomic E-state index is -0.117. The van der Waals surface area contributed by atoms with E-state index in [2.05, 4.69) is 28.1 Å². The number of benzene rings is 1. The number of carbonyl (C=O) groups is 1. The summed E-state index contributed by atoms with van der Waals surface area (Å²) in [4.78, 5) is 35.0. The zero-order valence-corrected chi connectivity index (χ0v) is 20.8. The van der Waals surface area contributed by atoms with E-state index in [1.165, 1.54) is 0 Å². The Balaban J connectivity index is 1.82. The molecule has 0 saturated carbocycles. The third-order valence-electron chi connectivity index (χ3n) is 6.34. The van der Waals surface area contributed by atoms with E-state index >= 15 is 0 Å². The number of H-pyrrole nitrogens is 2. The zero-order valence-electron chi connectivity index (χ0n) is 20.8. The topological polar surface area (TPSA) is 86.8 Å². The molecule has 0 fully saturated rings.